The molecule has 2 amide bonds. The van der Waals surface area contributed by atoms with E-state index in [9.17, 15) is 9.59 Å². The second-order valence-electron chi connectivity index (χ2n) is 8.28. The Morgan fingerprint density at radius 2 is 2.09 bits per heavy atom. The van der Waals surface area contributed by atoms with Gasteiger partial charge in [-0.05, 0) is 49.9 Å². The van der Waals surface area contributed by atoms with Crippen LogP contribution in [0.25, 0.3) is 0 Å². The first kappa shape index (κ1) is 22.4. The Hall–Kier alpha value is -2.84. The first-order valence-corrected chi connectivity index (χ1v) is 11.9. The minimum Gasteiger partial charge on any atom is -0.463 e. The van der Waals surface area contributed by atoms with Crippen molar-refractivity contribution in [3.63, 3.8) is 0 Å². The van der Waals surface area contributed by atoms with Gasteiger partial charge in [0.25, 0.3) is 0 Å². The summed E-state index contributed by atoms with van der Waals surface area (Å²) in [5, 5.41) is 7.72. The highest BCUT2D eigenvalue weighted by molar-refractivity contribution is 7.10. The Kier molecular flexibility index (Phi) is 6.81. The molecule has 2 aromatic rings. The molecule has 0 spiro atoms. The van der Waals surface area contributed by atoms with Gasteiger partial charge in [-0.25, -0.2) is 9.59 Å². The van der Waals surface area contributed by atoms with Gasteiger partial charge in [-0.1, -0.05) is 18.2 Å². The largest absolute Gasteiger partial charge is 0.463 e. The maximum atomic E-state index is 12.9. The molecule has 2 atom stereocenters. The fraction of sp³-hybridized carbons (Fsp3) is 0.417. The number of thiophene rings is 1. The predicted octanol–water partition coefficient (Wildman–Crippen LogP) is 3.44. The van der Waals surface area contributed by atoms with Gasteiger partial charge in [0.2, 0.25) is 0 Å². The number of anilines is 1. The molecule has 170 valence electrons. The van der Waals surface area contributed by atoms with Crippen LogP contribution in [0.2, 0.25) is 0 Å². The second kappa shape index (κ2) is 9.75. The summed E-state index contributed by atoms with van der Waals surface area (Å²) >= 11 is 1.51. The molecule has 0 aliphatic carbocycles. The minimum absolute atomic E-state index is 0.285. The molecule has 8 heteroatoms. The summed E-state index contributed by atoms with van der Waals surface area (Å²) in [6.07, 6.45) is 0. The lowest BCUT2D eigenvalue weighted by Gasteiger charge is -2.42. The average Bonchev–Trinajstić information content (AvgIpc) is 3.28. The summed E-state index contributed by atoms with van der Waals surface area (Å²) in [7, 11) is 0. The Morgan fingerprint density at radius 1 is 1.25 bits per heavy atom. The Labute approximate surface area is 193 Å². The zero-order valence-electron chi connectivity index (χ0n) is 18.8. The van der Waals surface area contributed by atoms with E-state index in [0.29, 0.717) is 23.9 Å². The van der Waals surface area contributed by atoms with Gasteiger partial charge in [0.15, 0.2) is 0 Å². The monoisotopic (exact) mass is 454 g/mol. The summed E-state index contributed by atoms with van der Waals surface area (Å²) in [6.45, 7) is 9.45. The van der Waals surface area contributed by atoms with Crippen LogP contribution < -0.4 is 15.5 Å². The van der Waals surface area contributed by atoms with Crippen LogP contribution >= 0.6 is 11.3 Å². The number of rotatable bonds is 6. The number of ether oxygens (including phenoxy) is 1. The van der Waals surface area contributed by atoms with Crippen LogP contribution in [0.4, 0.5) is 10.5 Å². The van der Waals surface area contributed by atoms with E-state index in [-0.39, 0.29) is 18.6 Å². The lowest BCUT2D eigenvalue weighted by atomic mass is 10.00. The zero-order valence-corrected chi connectivity index (χ0v) is 19.6. The van der Waals surface area contributed by atoms with E-state index < -0.39 is 6.04 Å². The number of nitrogens with zero attached hydrogens (tertiary/aromatic N) is 2. The van der Waals surface area contributed by atoms with E-state index in [1.54, 1.807) is 6.92 Å². The van der Waals surface area contributed by atoms with Crippen molar-refractivity contribution >= 4 is 29.0 Å². The van der Waals surface area contributed by atoms with Crippen molar-refractivity contribution in [3.05, 3.63) is 63.5 Å². The normalized spacial score (nSPS) is 21.8. The number of amides is 2. The summed E-state index contributed by atoms with van der Waals surface area (Å²) in [5.74, 6) is -0.389. The highest BCUT2D eigenvalue weighted by Gasteiger charge is 2.35. The average molecular weight is 455 g/mol. The minimum atomic E-state index is -0.496. The van der Waals surface area contributed by atoms with E-state index in [1.165, 1.54) is 22.6 Å². The molecule has 1 aromatic heterocycles. The van der Waals surface area contributed by atoms with E-state index in [4.69, 9.17) is 4.74 Å². The second-order valence-corrected chi connectivity index (χ2v) is 9.26. The molecule has 0 saturated carbocycles. The number of nitrogens with one attached hydrogen (secondary N) is 2. The third kappa shape index (κ3) is 4.81. The summed E-state index contributed by atoms with van der Waals surface area (Å²) < 4.78 is 5.36. The quantitative estimate of drug-likeness (QED) is 0.654. The third-order valence-electron chi connectivity index (χ3n) is 5.90. The fourth-order valence-electron chi connectivity index (χ4n) is 4.45. The molecule has 0 unspecified atom stereocenters. The SMILES string of the molecule is CCOC(=O)C1=C(CN2CCN(c3cccc(C)c3)[C@H](C)C2)NC(=O)N[C@H]1c1cccs1. The number of benzene rings is 1. The Morgan fingerprint density at radius 3 is 2.78 bits per heavy atom. The molecule has 1 fully saturated rings. The zero-order chi connectivity index (χ0) is 22.7. The van der Waals surface area contributed by atoms with Gasteiger partial charge in [-0.15, -0.1) is 11.3 Å². The molecule has 2 aliphatic heterocycles. The van der Waals surface area contributed by atoms with Gasteiger partial charge in [0, 0.05) is 48.5 Å². The molecular formula is C24H30N4O3S. The lowest BCUT2D eigenvalue weighted by molar-refractivity contribution is -0.139. The van der Waals surface area contributed by atoms with Crippen LogP contribution in [0, 0.1) is 6.92 Å². The number of piperazine rings is 1. The Balaban J connectivity index is 1.56. The van der Waals surface area contributed by atoms with Gasteiger partial charge in [-0.2, -0.15) is 0 Å². The van der Waals surface area contributed by atoms with Crippen LogP contribution in [-0.2, 0) is 9.53 Å². The van der Waals surface area contributed by atoms with Crippen molar-refractivity contribution in [1.82, 2.24) is 15.5 Å². The van der Waals surface area contributed by atoms with Gasteiger partial charge >= 0.3 is 12.0 Å². The van der Waals surface area contributed by atoms with Crippen molar-refractivity contribution in [2.24, 2.45) is 0 Å². The standard InChI is InChI=1S/C24H30N4O3S/c1-4-31-23(29)21-19(25-24(30)26-22(21)20-9-6-12-32-20)15-27-10-11-28(17(3)14-27)18-8-5-7-16(2)13-18/h5-9,12-13,17,22H,4,10-11,14-15H2,1-3H3,(H2,25,26,30)/t17-,22+/m1/s1. The molecule has 2 N–H and O–H groups in total. The van der Waals surface area contributed by atoms with Crippen LogP contribution in [0.15, 0.2) is 53.0 Å². The van der Waals surface area contributed by atoms with Crippen molar-refractivity contribution in [2.75, 3.05) is 37.7 Å². The fourth-order valence-corrected chi connectivity index (χ4v) is 5.24. The van der Waals surface area contributed by atoms with E-state index >= 15 is 0 Å². The first-order valence-electron chi connectivity index (χ1n) is 11.0. The summed E-state index contributed by atoms with van der Waals surface area (Å²) in [6, 6.07) is 11.9. The molecule has 4 rings (SSSR count). The van der Waals surface area contributed by atoms with Gasteiger partial charge in [0.05, 0.1) is 18.2 Å². The highest BCUT2D eigenvalue weighted by atomic mass is 32.1. The molecule has 0 bridgehead atoms. The van der Waals surface area contributed by atoms with Crippen LogP contribution in [0.5, 0.6) is 0 Å². The number of carbonyl (C=O) groups excluding carboxylic acids is 2. The van der Waals surface area contributed by atoms with Crippen LogP contribution in [0.1, 0.15) is 30.3 Å². The molecule has 32 heavy (non-hydrogen) atoms. The predicted molar refractivity (Wildman–Crippen MR) is 127 cm³/mol. The van der Waals surface area contributed by atoms with Crippen molar-refractivity contribution in [3.8, 4) is 0 Å². The smallest absolute Gasteiger partial charge is 0.338 e. The van der Waals surface area contributed by atoms with E-state index in [2.05, 4.69) is 58.5 Å². The van der Waals surface area contributed by atoms with E-state index in [0.717, 1.165) is 24.5 Å². The van der Waals surface area contributed by atoms with Crippen LogP contribution in [-0.4, -0.2) is 55.7 Å². The maximum absolute atomic E-state index is 12.9. The summed E-state index contributed by atoms with van der Waals surface area (Å²) in [4.78, 5) is 31.0. The topological polar surface area (TPSA) is 73.9 Å². The van der Waals surface area contributed by atoms with E-state index in [1.807, 2.05) is 17.5 Å². The van der Waals surface area contributed by atoms with Crippen LogP contribution in [0.3, 0.4) is 0 Å². The number of carbonyl (C=O) groups is 2. The highest BCUT2D eigenvalue weighted by Crippen LogP contribution is 2.31. The third-order valence-corrected chi connectivity index (χ3v) is 6.84. The van der Waals surface area contributed by atoms with Gasteiger partial charge < -0.3 is 20.3 Å². The number of esters is 1. The molecule has 7 nitrogen and oxygen atoms in total. The number of aryl methyl sites for hydroxylation is 1. The number of urea groups is 1. The maximum Gasteiger partial charge on any atom is 0.338 e. The van der Waals surface area contributed by atoms with Crippen molar-refractivity contribution in [2.45, 2.75) is 32.9 Å². The number of hydrogen-bond donors (Lipinski definition) is 2. The Bertz CT molecular complexity index is 1000. The molecule has 0 radical (unpaired) electrons. The van der Waals surface area contributed by atoms with Crippen molar-refractivity contribution < 1.29 is 14.3 Å². The lowest BCUT2D eigenvalue weighted by Crippen LogP contribution is -2.54. The first-order chi connectivity index (χ1) is 15.5. The van der Waals surface area contributed by atoms with Gasteiger partial charge in [-0.3, -0.25) is 4.90 Å². The number of hydrogen-bond acceptors (Lipinski definition) is 6. The molecule has 1 saturated heterocycles. The summed E-state index contributed by atoms with van der Waals surface area (Å²) in [5.41, 5.74) is 3.60. The molecular weight excluding hydrogens is 424 g/mol. The molecule has 2 aliphatic rings. The van der Waals surface area contributed by atoms with Gasteiger partial charge in [0.1, 0.15) is 0 Å². The molecule has 1 aromatic carbocycles. The molecule has 3 heterocycles. The van der Waals surface area contributed by atoms with Crippen molar-refractivity contribution in [1.29, 1.82) is 0 Å².